The van der Waals surface area contributed by atoms with Gasteiger partial charge >= 0.3 is 0 Å². The number of carbonyl (C=O) groups excluding carboxylic acids is 1. The predicted octanol–water partition coefficient (Wildman–Crippen LogP) is 4.87. The lowest BCUT2D eigenvalue weighted by Crippen LogP contribution is -2.14. The molecule has 1 amide bonds. The molecule has 0 aliphatic rings. The van der Waals surface area contributed by atoms with Crippen molar-refractivity contribution in [3.8, 4) is 0 Å². The topological polar surface area (TPSA) is 54.9 Å². The lowest BCUT2D eigenvalue weighted by atomic mass is 10.3. The van der Waals surface area contributed by atoms with Gasteiger partial charge in [0.2, 0.25) is 0 Å². The first-order chi connectivity index (χ1) is 11.5. The normalized spacial score (nSPS) is 10.6. The molecule has 3 aromatic rings. The number of carbonyl (C=O) groups is 1. The van der Waals surface area contributed by atoms with Crippen molar-refractivity contribution >= 4 is 46.5 Å². The first-order valence-corrected chi connectivity index (χ1v) is 8.52. The van der Waals surface area contributed by atoms with Crippen LogP contribution in [0, 0.1) is 11.6 Å². The van der Waals surface area contributed by atoms with E-state index in [2.05, 4.69) is 14.9 Å². The molecule has 0 bridgehead atoms. The number of nitrogens with zero attached hydrogens (tertiary/aromatic N) is 2. The highest BCUT2D eigenvalue weighted by atomic mass is 35.5. The van der Waals surface area contributed by atoms with Crippen LogP contribution in [0.5, 0.6) is 0 Å². The van der Waals surface area contributed by atoms with Crippen LogP contribution < -0.4 is 5.32 Å². The third-order valence-corrected chi connectivity index (χ3v) is 5.01. The minimum atomic E-state index is -0.863. The molecule has 0 unspecified atom stereocenters. The van der Waals surface area contributed by atoms with Crippen molar-refractivity contribution in [2.24, 2.45) is 0 Å². The highest BCUT2D eigenvalue weighted by molar-refractivity contribution is 8.01. The van der Waals surface area contributed by atoms with Gasteiger partial charge in [-0.2, -0.15) is 0 Å². The summed E-state index contributed by atoms with van der Waals surface area (Å²) in [6, 6.07) is 9.95. The third kappa shape index (κ3) is 3.89. The highest BCUT2D eigenvalue weighted by Gasteiger charge is 2.19. The van der Waals surface area contributed by atoms with E-state index in [1.165, 1.54) is 11.8 Å². The molecule has 0 atom stereocenters. The van der Waals surface area contributed by atoms with Gasteiger partial charge in [-0.1, -0.05) is 27.9 Å². The van der Waals surface area contributed by atoms with E-state index in [0.29, 0.717) is 15.3 Å². The average Bonchev–Trinajstić information content (AvgIpc) is 3.00. The second-order valence-corrected chi connectivity index (χ2v) is 7.08. The second-order valence-electron chi connectivity index (χ2n) is 4.54. The molecule has 0 saturated heterocycles. The number of aromatic nitrogens is 2. The minimum absolute atomic E-state index is 0.0728. The van der Waals surface area contributed by atoms with Gasteiger partial charge in [0.05, 0.1) is 5.69 Å². The van der Waals surface area contributed by atoms with E-state index in [4.69, 9.17) is 11.6 Å². The SMILES string of the molecule is O=C(Nc1ccc(F)cc1F)c1nnsc1Sc1ccc(Cl)cc1. The molecule has 3 rings (SSSR count). The fraction of sp³-hybridized carbons (Fsp3) is 0. The summed E-state index contributed by atoms with van der Waals surface area (Å²) >= 11 is 8.18. The van der Waals surface area contributed by atoms with Crippen LogP contribution in [0.4, 0.5) is 14.5 Å². The standard InChI is InChI=1S/C15H8ClF2N3OS2/c16-8-1-4-10(5-2-8)23-15-13(20-21-24-15)14(22)19-12-6-3-9(17)7-11(12)18/h1-7H,(H,19,22). The van der Waals surface area contributed by atoms with Crippen molar-refractivity contribution in [3.05, 3.63) is 64.8 Å². The number of halogens is 3. The zero-order valence-electron chi connectivity index (χ0n) is 11.8. The van der Waals surface area contributed by atoms with Crippen LogP contribution in [0.2, 0.25) is 5.02 Å². The summed E-state index contributed by atoms with van der Waals surface area (Å²) in [5.74, 6) is -2.20. The summed E-state index contributed by atoms with van der Waals surface area (Å²) in [5, 5.41) is 6.75. The molecule has 2 aromatic carbocycles. The fourth-order valence-electron chi connectivity index (χ4n) is 1.77. The van der Waals surface area contributed by atoms with Gasteiger partial charge in [0.25, 0.3) is 5.91 Å². The Hall–Kier alpha value is -2.03. The van der Waals surface area contributed by atoms with Crippen molar-refractivity contribution in [3.63, 3.8) is 0 Å². The maximum Gasteiger partial charge on any atom is 0.278 e. The number of amides is 1. The zero-order chi connectivity index (χ0) is 17.1. The van der Waals surface area contributed by atoms with E-state index in [1.807, 2.05) is 0 Å². The van der Waals surface area contributed by atoms with Gasteiger partial charge in [-0.15, -0.1) is 5.10 Å². The molecule has 0 spiro atoms. The molecule has 24 heavy (non-hydrogen) atoms. The Morgan fingerprint density at radius 1 is 1.17 bits per heavy atom. The quantitative estimate of drug-likeness (QED) is 0.698. The smallest absolute Gasteiger partial charge is 0.278 e. The average molecular weight is 384 g/mol. The molecular formula is C15H8ClF2N3OS2. The van der Waals surface area contributed by atoms with Crippen molar-refractivity contribution in [2.45, 2.75) is 9.10 Å². The molecule has 9 heteroatoms. The van der Waals surface area contributed by atoms with Crippen LogP contribution in [-0.4, -0.2) is 15.5 Å². The monoisotopic (exact) mass is 383 g/mol. The van der Waals surface area contributed by atoms with E-state index in [0.717, 1.165) is 28.6 Å². The van der Waals surface area contributed by atoms with E-state index < -0.39 is 17.5 Å². The van der Waals surface area contributed by atoms with E-state index in [1.54, 1.807) is 24.3 Å². The molecule has 0 aliphatic carbocycles. The summed E-state index contributed by atoms with van der Waals surface area (Å²) in [5.41, 5.74) is -0.0551. The first-order valence-electron chi connectivity index (χ1n) is 6.55. The second kappa shape index (κ2) is 7.25. The lowest BCUT2D eigenvalue weighted by molar-refractivity contribution is 0.101. The van der Waals surface area contributed by atoms with Crippen molar-refractivity contribution in [2.75, 3.05) is 5.32 Å². The van der Waals surface area contributed by atoms with Crippen LogP contribution in [0.1, 0.15) is 10.5 Å². The van der Waals surface area contributed by atoms with Gasteiger partial charge in [-0.05, 0) is 47.9 Å². The number of hydrogen-bond acceptors (Lipinski definition) is 5. The molecule has 4 nitrogen and oxygen atoms in total. The molecule has 1 aromatic heterocycles. The van der Waals surface area contributed by atoms with Crippen molar-refractivity contribution < 1.29 is 13.6 Å². The number of nitrogens with one attached hydrogen (secondary N) is 1. The minimum Gasteiger partial charge on any atom is -0.318 e. The Balaban J connectivity index is 1.78. The molecule has 1 heterocycles. The molecule has 122 valence electrons. The Kier molecular flexibility index (Phi) is 5.08. The molecule has 0 saturated carbocycles. The van der Waals surface area contributed by atoms with Gasteiger partial charge in [0, 0.05) is 16.0 Å². The number of hydrogen-bond donors (Lipinski definition) is 1. The Morgan fingerprint density at radius 3 is 2.62 bits per heavy atom. The molecule has 0 fully saturated rings. The summed E-state index contributed by atoms with van der Waals surface area (Å²) < 4.78 is 30.9. The Bertz CT molecular complexity index is 887. The summed E-state index contributed by atoms with van der Waals surface area (Å²) in [4.78, 5) is 13.1. The van der Waals surface area contributed by atoms with Gasteiger partial charge in [0.1, 0.15) is 15.8 Å². The van der Waals surface area contributed by atoms with Crippen LogP contribution in [-0.2, 0) is 0 Å². The number of anilines is 1. The van der Waals surface area contributed by atoms with E-state index >= 15 is 0 Å². The Labute approximate surface area is 149 Å². The third-order valence-electron chi connectivity index (χ3n) is 2.88. The van der Waals surface area contributed by atoms with Crippen LogP contribution in [0.15, 0.2) is 51.6 Å². The Morgan fingerprint density at radius 2 is 1.92 bits per heavy atom. The lowest BCUT2D eigenvalue weighted by Gasteiger charge is -2.06. The maximum atomic E-state index is 13.6. The van der Waals surface area contributed by atoms with Gasteiger partial charge in [-0.25, -0.2) is 8.78 Å². The molecule has 0 radical (unpaired) electrons. The van der Waals surface area contributed by atoms with Gasteiger partial charge in [-0.3, -0.25) is 4.79 Å². The van der Waals surface area contributed by atoms with Crippen LogP contribution >= 0.6 is 34.9 Å². The molecular weight excluding hydrogens is 376 g/mol. The predicted molar refractivity (Wildman–Crippen MR) is 89.8 cm³/mol. The molecule has 1 N–H and O–H groups in total. The summed E-state index contributed by atoms with van der Waals surface area (Å²) in [7, 11) is 0. The summed E-state index contributed by atoms with van der Waals surface area (Å²) in [6.45, 7) is 0. The van der Waals surface area contributed by atoms with Crippen LogP contribution in [0.3, 0.4) is 0 Å². The van der Waals surface area contributed by atoms with Crippen LogP contribution in [0.25, 0.3) is 0 Å². The largest absolute Gasteiger partial charge is 0.318 e. The van der Waals surface area contributed by atoms with Gasteiger partial charge < -0.3 is 5.32 Å². The van der Waals surface area contributed by atoms with Crippen molar-refractivity contribution in [1.29, 1.82) is 0 Å². The summed E-state index contributed by atoms with van der Waals surface area (Å²) in [6.07, 6.45) is 0. The first kappa shape index (κ1) is 16.8. The van der Waals surface area contributed by atoms with Crippen molar-refractivity contribution in [1.82, 2.24) is 9.59 Å². The fourth-order valence-corrected chi connectivity index (χ4v) is 3.57. The zero-order valence-corrected chi connectivity index (χ0v) is 14.2. The molecule has 0 aliphatic heterocycles. The van der Waals surface area contributed by atoms with E-state index in [9.17, 15) is 13.6 Å². The highest BCUT2D eigenvalue weighted by Crippen LogP contribution is 2.33. The number of rotatable bonds is 4. The number of benzene rings is 2. The maximum absolute atomic E-state index is 13.6. The van der Waals surface area contributed by atoms with E-state index in [-0.39, 0.29) is 11.4 Å². The van der Waals surface area contributed by atoms with Gasteiger partial charge in [0.15, 0.2) is 5.69 Å².